The number of benzene rings is 2. The van der Waals surface area contributed by atoms with Gasteiger partial charge in [-0.25, -0.2) is 0 Å². The summed E-state index contributed by atoms with van der Waals surface area (Å²) in [5.41, 5.74) is 1.94. The number of aromatic nitrogens is 3. The molecule has 0 amide bonds. The minimum absolute atomic E-state index is 0.622. The van der Waals surface area contributed by atoms with Gasteiger partial charge in [-0.15, -0.1) is 10.2 Å². The lowest BCUT2D eigenvalue weighted by Gasteiger charge is -2.13. The summed E-state index contributed by atoms with van der Waals surface area (Å²) in [4.78, 5) is 0. The first-order valence-electron chi connectivity index (χ1n) is 8.69. The Hall–Kier alpha value is -3.19. The van der Waals surface area contributed by atoms with Gasteiger partial charge in [-0.3, -0.25) is 4.57 Å². The molecule has 2 heterocycles. The van der Waals surface area contributed by atoms with Crippen molar-refractivity contribution in [1.82, 2.24) is 14.8 Å². The summed E-state index contributed by atoms with van der Waals surface area (Å²) in [6.45, 7) is 0. The summed E-state index contributed by atoms with van der Waals surface area (Å²) >= 11 is 1.57. The molecule has 0 saturated carbocycles. The Morgan fingerprint density at radius 2 is 1.64 bits per heavy atom. The molecule has 0 aliphatic carbocycles. The monoisotopic (exact) mass is 393 g/mol. The van der Waals surface area contributed by atoms with E-state index in [1.54, 1.807) is 32.2 Å². The molecule has 7 heteroatoms. The molecule has 2 aromatic heterocycles. The quantitative estimate of drug-likeness (QED) is 0.419. The van der Waals surface area contributed by atoms with Crippen molar-refractivity contribution in [3.63, 3.8) is 0 Å². The number of furan rings is 1. The van der Waals surface area contributed by atoms with E-state index in [-0.39, 0.29) is 0 Å². The zero-order valence-electron chi connectivity index (χ0n) is 15.5. The van der Waals surface area contributed by atoms with Crippen LogP contribution in [0.25, 0.3) is 17.3 Å². The summed E-state index contributed by atoms with van der Waals surface area (Å²) < 4.78 is 18.5. The van der Waals surface area contributed by atoms with E-state index in [0.717, 1.165) is 27.9 Å². The van der Waals surface area contributed by atoms with E-state index < -0.39 is 0 Å². The average molecular weight is 393 g/mol. The third kappa shape index (κ3) is 3.48. The molecule has 4 rings (SSSR count). The molecule has 6 nitrogen and oxygen atoms in total. The molecule has 0 N–H and O–H groups in total. The second kappa shape index (κ2) is 8.22. The summed E-state index contributed by atoms with van der Waals surface area (Å²) in [6.07, 6.45) is 1.62. The van der Waals surface area contributed by atoms with Gasteiger partial charge in [-0.1, -0.05) is 42.1 Å². The van der Waals surface area contributed by atoms with Crippen LogP contribution in [0.4, 0.5) is 0 Å². The molecule has 0 unspecified atom stereocenters. The van der Waals surface area contributed by atoms with E-state index in [2.05, 4.69) is 10.2 Å². The standard InChI is InChI=1S/C21H19N3O3S/c1-25-17-10-5-3-8-15(17)14-28-21-23-22-20(19-12-7-13-27-19)24(21)16-9-4-6-11-18(16)26-2/h3-13H,14H2,1-2H3. The first-order valence-corrected chi connectivity index (χ1v) is 9.67. The molecular formula is C21H19N3O3S. The lowest BCUT2D eigenvalue weighted by molar-refractivity contribution is 0.411. The Labute approximate surface area is 167 Å². The van der Waals surface area contributed by atoms with Crippen LogP contribution in [-0.4, -0.2) is 29.0 Å². The molecule has 0 atom stereocenters. The van der Waals surface area contributed by atoms with Gasteiger partial charge in [-0.2, -0.15) is 0 Å². The van der Waals surface area contributed by atoms with Gasteiger partial charge in [0, 0.05) is 11.3 Å². The number of thioether (sulfide) groups is 1. The molecule has 28 heavy (non-hydrogen) atoms. The maximum Gasteiger partial charge on any atom is 0.205 e. The van der Waals surface area contributed by atoms with E-state index in [0.29, 0.717) is 17.3 Å². The molecule has 0 bridgehead atoms. The zero-order chi connectivity index (χ0) is 19.3. The molecular weight excluding hydrogens is 374 g/mol. The second-order valence-corrected chi connectivity index (χ2v) is 6.83. The fourth-order valence-corrected chi connectivity index (χ4v) is 3.86. The highest BCUT2D eigenvalue weighted by atomic mass is 32.2. The van der Waals surface area contributed by atoms with Crippen LogP contribution in [0.3, 0.4) is 0 Å². The molecule has 2 aromatic carbocycles. The highest BCUT2D eigenvalue weighted by molar-refractivity contribution is 7.98. The van der Waals surface area contributed by atoms with Crippen LogP contribution in [0, 0.1) is 0 Å². The van der Waals surface area contributed by atoms with Crippen molar-refractivity contribution >= 4 is 11.8 Å². The number of ether oxygens (including phenoxy) is 2. The van der Waals surface area contributed by atoms with Gasteiger partial charge in [0.1, 0.15) is 11.5 Å². The zero-order valence-corrected chi connectivity index (χ0v) is 16.3. The van der Waals surface area contributed by atoms with E-state index in [9.17, 15) is 0 Å². The Balaban J connectivity index is 1.76. The SMILES string of the molecule is COc1ccccc1CSc1nnc(-c2ccco2)n1-c1ccccc1OC. The van der Waals surface area contributed by atoms with Gasteiger partial charge in [0.05, 0.1) is 26.2 Å². The van der Waals surface area contributed by atoms with Gasteiger partial charge in [0.15, 0.2) is 10.9 Å². The molecule has 0 spiro atoms. The summed E-state index contributed by atoms with van der Waals surface area (Å²) in [5.74, 6) is 3.54. The number of hydrogen-bond donors (Lipinski definition) is 0. The second-order valence-electron chi connectivity index (χ2n) is 5.89. The van der Waals surface area contributed by atoms with Crippen molar-refractivity contribution < 1.29 is 13.9 Å². The third-order valence-electron chi connectivity index (χ3n) is 4.25. The maximum absolute atomic E-state index is 5.57. The van der Waals surface area contributed by atoms with E-state index in [4.69, 9.17) is 13.9 Å². The minimum atomic E-state index is 0.622. The van der Waals surface area contributed by atoms with Gasteiger partial charge < -0.3 is 13.9 Å². The molecule has 142 valence electrons. The van der Waals surface area contributed by atoms with E-state index in [1.165, 1.54) is 0 Å². The Morgan fingerprint density at radius 3 is 2.39 bits per heavy atom. The highest BCUT2D eigenvalue weighted by Crippen LogP contribution is 2.34. The van der Waals surface area contributed by atoms with Crippen LogP contribution in [0.2, 0.25) is 0 Å². The first kappa shape index (κ1) is 18.2. The van der Waals surface area contributed by atoms with Crippen molar-refractivity contribution in [2.24, 2.45) is 0 Å². The average Bonchev–Trinajstić information content (AvgIpc) is 3.42. The number of nitrogens with zero attached hydrogens (tertiary/aromatic N) is 3. The number of methoxy groups -OCH3 is 2. The van der Waals surface area contributed by atoms with Gasteiger partial charge >= 0.3 is 0 Å². The topological polar surface area (TPSA) is 62.3 Å². The van der Waals surface area contributed by atoms with Crippen LogP contribution >= 0.6 is 11.8 Å². The molecule has 0 fully saturated rings. The Kier molecular flexibility index (Phi) is 5.34. The highest BCUT2D eigenvalue weighted by Gasteiger charge is 2.20. The fraction of sp³-hybridized carbons (Fsp3) is 0.143. The molecule has 0 radical (unpaired) electrons. The first-order chi connectivity index (χ1) is 13.8. The van der Waals surface area contributed by atoms with Crippen LogP contribution in [-0.2, 0) is 5.75 Å². The molecule has 0 aliphatic heterocycles. The van der Waals surface area contributed by atoms with Crippen LogP contribution < -0.4 is 9.47 Å². The smallest absolute Gasteiger partial charge is 0.205 e. The van der Waals surface area contributed by atoms with Crippen molar-refractivity contribution in [3.05, 3.63) is 72.5 Å². The van der Waals surface area contributed by atoms with Crippen molar-refractivity contribution in [2.45, 2.75) is 10.9 Å². The van der Waals surface area contributed by atoms with Crippen LogP contribution in [0.5, 0.6) is 11.5 Å². The summed E-state index contributed by atoms with van der Waals surface area (Å²) in [6, 6.07) is 19.4. The minimum Gasteiger partial charge on any atom is -0.496 e. The normalized spacial score (nSPS) is 10.8. The predicted molar refractivity (Wildman–Crippen MR) is 108 cm³/mol. The largest absolute Gasteiger partial charge is 0.496 e. The number of hydrogen-bond acceptors (Lipinski definition) is 6. The molecule has 0 aliphatic rings. The van der Waals surface area contributed by atoms with Crippen LogP contribution in [0.1, 0.15) is 5.56 Å². The lowest BCUT2D eigenvalue weighted by Crippen LogP contribution is -2.02. The summed E-state index contributed by atoms with van der Waals surface area (Å²) in [5, 5.41) is 9.53. The van der Waals surface area contributed by atoms with Crippen molar-refractivity contribution in [1.29, 1.82) is 0 Å². The predicted octanol–water partition coefficient (Wildman–Crippen LogP) is 4.84. The van der Waals surface area contributed by atoms with Gasteiger partial charge in [-0.05, 0) is 30.3 Å². The number of para-hydroxylation sites is 3. The van der Waals surface area contributed by atoms with Crippen molar-refractivity contribution in [2.75, 3.05) is 14.2 Å². The Bertz CT molecular complexity index is 1060. The van der Waals surface area contributed by atoms with Crippen molar-refractivity contribution in [3.8, 4) is 28.8 Å². The van der Waals surface area contributed by atoms with Gasteiger partial charge in [0.2, 0.25) is 5.82 Å². The maximum atomic E-state index is 5.57. The van der Waals surface area contributed by atoms with E-state index in [1.807, 2.05) is 65.2 Å². The molecule has 0 saturated heterocycles. The van der Waals surface area contributed by atoms with Gasteiger partial charge in [0.25, 0.3) is 0 Å². The van der Waals surface area contributed by atoms with E-state index >= 15 is 0 Å². The third-order valence-corrected chi connectivity index (χ3v) is 5.23. The Morgan fingerprint density at radius 1 is 0.893 bits per heavy atom. The fourth-order valence-electron chi connectivity index (χ4n) is 2.93. The summed E-state index contributed by atoms with van der Waals surface area (Å²) in [7, 11) is 3.33. The molecule has 4 aromatic rings. The lowest BCUT2D eigenvalue weighted by atomic mass is 10.2. The number of rotatable bonds is 7. The van der Waals surface area contributed by atoms with Crippen LogP contribution in [0.15, 0.2) is 76.5 Å².